The first-order valence-electron chi connectivity index (χ1n) is 14.0. The maximum Gasteiger partial charge on any atom is 0.433 e. The number of azo groups is 2. The second-order valence-corrected chi connectivity index (χ2v) is 16.4. The van der Waals surface area contributed by atoms with Gasteiger partial charge in [0.15, 0.2) is 11.9 Å². The van der Waals surface area contributed by atoms with Crippen molar-refractivity contribution in [3.05, 3.63) is 66.2 Å². The SMILES string of the molecule is CCS(=O)(=O)CCc1ccc(N=Nc2c(S(=O)(=O)O)cc3cc(SOOO)c(N=Nc4ccc(SC#COOS(=O)(=O)O)cc4)c(N)c3c2O)cc1.O. The summed E-state index contributed by atoms with van der Waals surface area (Å²) in [6.07, 6.45) is 2.16. The molecule has 0 fully saturated rings. The van der Waals surface area contributed by atoms with Crippen LogP contribution in [0.5, 0.6) is 5.75 Å². The molecule has 0 radical (unpaired) electrons. The molecular weight excluding hydrogens is 807 g/mol. The van der Waals surface area contributed by atoms with Crippen molar-refractivity contribution in [3.63, 3.8) is 0 Å². The predicted molar refractivity (Wildman–Crippen MR) is 191 cm³/mol. The van der Waals surface area contributed by atoms with E-state index in [0.29, 0.717) is 22.5 Å². The number of phenolic OH excluding ortho intramolecular Hbond substituents is 1. The summed E-state index contributed by atoms with van der Waals surface area (Å²) < 4.78 is 95.9. The van der Waals surface area contributed by atoms with E-state index in [1.807, 2.05) is 6.11 Å². The van der Waals surface area contributed by atoms with Crippen LogP contribution in [0.4, 0.5) is 28.4 Å². The lowest BCUT2D eigenvalue weighted by molar-refractivity contribution is -0.432. The number of nitrogens with two attached hydrogens (primary N) is 1. The lowest BCUT2D eigenvalue weighted by Crippen LogP contribution is -2.10. The van der Waals surface area contributed by atoms with Crippen molar-refractivity contribution in [1.82, 2.24) is 0 Å². The molecule has 0 atom stereocenters. The number of rotatable bonds is 15. The van der Waals surface area contributed by atoms with E-state index in [2.05, 4.69) is 44.3 Å². The number of aryl methyl sites for hydroxylation is 1. The fourth-order valence-corrected chi connectivity index (χ4v) is 6.71. The second kappa shape index (κ2) is 18.6. The molecule has 8 N–H and O–H groups in total. The summed E-state index contributed by atoms with van der Waals surface area (Å²) in [5.74, 6) is -0.834. The Kier molecular flexibility index (Phi) is 15.0. The zero-order valence-corrected chi connectivity index (χ0v) is 30.8. The average molecular weight is 834 g/mol. The molecule has 4 aromatic carbocycles. The van der Waals surface area contributed by atoms with Crippen LogP contribution in [0.2, 0.25) is 0 Å². The second-order valence-electron chi connectivity index (χ2n) is 9.94. The summed E-state index contributed by atoms with van der Waals surface area (Å²) in [5, 5.41) is 42.0. The van der Waals surface area contributed by atoms with E-state index >= 15 is 0 Å². The number of nitrogens with zero attached hydrogens (tertiary/aromatic N) is 4. The molecule has 0 spiro atoms. The molecule has 0 heterocycles. The zero-order chi connectivity index (χ0) is 38.1. The van der Waals surface area contributed by atoms with Gasteiger partial charge in [-0.3, -0.25) is 14.0 Å². The van der Waals surface area contributed by atoms with E-state index in [1.54, 1.807) is 31.2 Å². The molecule has 4 aromatic rings. The Bertz CT molecular complexity index is 2400. The molecule has 20 nitrogen and oxygen atoms in total. The first kappa shape index (κ1) is 43.0. The summed E-state index contributed by atoms with van der Waals surface area (Å²) in [6, 6.07) is 14.6. The van der Waals surface area contributed by atoms with Crippen LogP contribution >= 0.6 is 23.8 Å². The molecule has 53 heavy (non-hydrogen) atoms. The third-order valence-electron chi connectivity index (χ3n) is 6.56. The normalized spacial score (nSPS) is 12.2. The molecule has 25 heteroatoms. The van der Waals surface area contributed by atoms with Crippen molar-refractivity contribution in [2.24, 2.45) is 20.5 Å². The number of nitrogen functional groups attached to an aromatic ring is 1. The van der Waals surface area contributed by atoms with Gasteiger partial charge in [-0.1, -0.05) is 24.1 Å². The minimum atomic E-state index is -5.01. The van der Waals surface area contributed by atoms with Crippen LogP contribution < -0.4 is 5.73 Å². The first-order valence-corrected chi connectivity index (χ1v) is 20.2. The Balaban J connectivity index is 0.00000756. The number of aromatic hydroxyl groups is 1. The zero-order valence-electron chi connectivity index (χ0n) is 26.7. The van der Waals surface area contributed by atoms with E-state index in [4.69, 9.17) is 15.5 Å². The van der Waals surface area contributed by atoms with E-state index in [-0.39, 0.29) is 61.8 Å². The monoisotopic (exact) mass is 833 g/mol. The Morgan fingerprint density at radius 2 is 1.47 bits per heavy atom. The first-order chi connectivity index (χ1) is 24.5. The lowest BCUT2D eigenvalue weighted by atomic mass is 10.1. The largest absolute Gasteiger partial charge is 0.505 e. The van der Waals surface area contributed by atoms with Crippen LogP contribution in [0.3, 0.4) is 0 Å². The Hall–Kier alpha value is -4.43. The van der Waals surface area contributed by atoms with Gasteiger partial charge in [0.05, 0.1) is 45.1 Å². The van der Waals surface area contributed by atoms with Gasteiger partial charge in [0.25, 0.3) is 10.1 Å². The van der Waals surface area contributed by atoms with Crippen LogP contribution in [-0.2, 0) is 55.4 Å². The molecule has 0 saturated carbocycles. The number of thioether (sulfide) groups is 1. The molecule has 0 aliphatic heterocycles. The van der Waals surface area contributed by atoms with E-state index in [0.717, 1.165) is 17.8 Å². The summed E-state index contributed by atoms with van der Waals surface area (Å²) in [4.78, 5) is 3.76. The molecule has 0 amide bonds. The van der Waals surface area contributed by atoms with Crippen LogP contribution in [0.1, 0.15) is 12.5 Å². The van der Waals surface area contributed by atoms with Crippen molar-refractivity contribution in [2.45, 2.75) is 28.0 Å². The molecule has 0 saturated heterocycles. The number of sulfone groups is 1. The highest BCUT2D eigenvalue weighted by molar-refractivity contribution is 8.04. The van der Waals surface area contributed by atoms with Crippen LogP contribution in [-0.4, -0.2) is 61.7 Å². The van der Waals surface area contributed by atoms with Gasteiger partial charge in [-0.25, -0.2) is 13.7 Å². The number of phenols is 1. The average Bonchev–Trinajstić information content (AvgIpc) is 3.08. The molecule has 0 aliphatic rings. The highest BCUT2D eigenvalue weighted by Gasteiger charge is 2.26. The van der Waals surface area contributed by atoms with Crippen molar-refractivity contribution in [3.8, 4) is 17.1 Å². The fourth-order valence-electron chi connectivity index (χ4n) is 4.12. The Labute approximate surface area is 310 Å². The van der Waals surface area contributed by atoms with Gasteiger partial charge in [0.1, 0.15) is 26.1 Å². The molecule has 0 unspecified atom stereocenters. The van der Waals surface area contributed by atoms with Gasteiger partial charge in [0.2, 0.25) is 0 Å². The summed E-state index contributed by atoms with van der Waals surface area (Å²) in [5.41, 5.74) is 6.52. The summed E-state index contributed by atoms with van der Waals surface area (Å²) in [7, 11) is -13.0. The Morgan fingerprint density at radius 1 is 0.868 bits per heavy atom. The van der Waals surface area contributed by atoms with Crippen LogP contribution in [0.15, 0.2) is 95.8 Å². The maximum atomic E-state index is 12.4. The Morgan fingerprint density at radius 3 is 2.04 bits per heavy atom. The number of benzene rings is 4. The third kappa shape index (κ3) is 12.3. The highest BCUT2D eigenvalue weighted by Crippen LogP contribution is 2.49. The molecule has 284 valence electrons. The van der Waals surface area contributed by atoms with Crippen molar-refractivity contribution in [1.29, 1.82) is 0 Å². The number of hydrogen-bond donors (Lipinski definition) is 5. The standard InChI is InChI=1S/C28H25N5O14S5.H2O/c1-2-50(36,37)14-11-17-3-5-19(6-4-17)31-33-27-23(51(38,39)40)16-18-15-22(49-46-45-35)26(25(29)24(18)28(27)34)32-30-20-7-9-21(10-8-20)48-13-12-44-47-52(41,42)43;/h3-10,15-16,34-35H,2,11,14,29H2,1H3,(H,38,39,40)(H,41,42,43);1H2. The van der Waals surface area contributed by atoms with Crippen LogP contribution in [0, 0.1) is 11.4 Å². The maximum absolute atomic E-state index is 12.4. The summed E-state index contributed by atoms with van der Waals surface area (Å²) >= 11 is 1.30. The van der Waals surface area contributed by atoms with E-state index in [1.165, 1.54) is 30.3 Å². The predicted octanol–water partition coefficient (Wildman–Crippen LogP) is 5.55. The molecule has 0 aliphatic carbocycles. The number of hydrogen-bond acceptors (Lipinski definition) is 19. The third-order valence-corrected chi connectivity index (χ3v) is 10.7. The minimum absolute atomic E-state index is 0. The molecule has 4 rings (SSSR count). The van der Waals surface area contributed by atoms with Crippen molar-refractivity contribution in [2.75, 3.05) is 17.2 Å². The fraction of sp³-hybridized carbons (Fsp3) is 0.143. The van der Waals surface area contributed by atoms with Crippen LogP contribution in [0.25, 0.3) is 10.8 Å². The quantitative estimate of drug-likeness (QED) is 0.0143. The van der Waals surface area contributed by atoms with Gasteiger partial charge in [-0.2, -0.15) is 27.1 Å². The van der Waals surface area contributed by atoms with Gasteiger partial charge in [-0.05, 0) is 82.0 Å². The minimum Gasteiger partial charge on any atom is -0.505 e. The van der Waals surface area contributed by atoms with Crippen molar-refractivity contribution < 1.29 is 68.8 Å². The van der Waals surface area contributed by atoms with Gasteiger partial charge >= 0.3 is 10.4 Å². The van der Waals surface area contributed by atoms with Gasteiger partial charge < -0.3 is 16.3 Å². The van der Waals surface area contributed by atoms with Gasteiger partial charge in [0, 0.05) is 15.9 Å². The molecule has 0 aromatic heterocycles. The smallest absolute Gasteiger partial charge is 0.433 e. The molecule has 0 bridgehead atoms. The topological polar surface area (TPSA) is 327 Å². The highest BCUT2D eigenvalue weighted by atomic mass is 32.3. The van der Waals surface area contributed by atoms with E-state index in [9.17, 15) is 34.9 Å². The number of fused-ring (bicyclic) bond motifs is 1. The number of anilines is 1. The van der Waals surface area contributed by atoms with Gasteiger partial charge in [-0.15, -0.1) is 14.6 Å². The van der Waals surface area contributed by atoms with Crippen molar-refractivity contribution >= 4 is 93.4 Å². The lowest BCUT2D eigenvalue weighted by Gasteiger charge is -2.14. The summed E-state index contributed by atoms with van der Waals surface area (Å²) in [6.45, 7) is 1.55. The molecular formula is C28H27N5O15S5. The van der Waals surface area contributed by atoms with E-state index < -0.39 is 46.7 Å².